The van der Waals surface area contributed by atoms with Crippen molar-refractivity contribution in [1.82, 2.24) is 14.8 Å². The predicted molar refractivity (Wildman–Crippen MR) is 77.0 cm³/mol. The van der Waals surface area contributed by atoms with E-state index in [9.17, 15) is 19.8 Å². The van der Waals surface area contributed by atoms with Gasteiger partial charge in [-0.15, -0.1) is 5.10 Å². The molecule has 1 aromatic heterocycles. The highest BCUT2D eigenvalue weighted by molar-refractivity contribution is 5.88. The summed E-state index contributed by atoms with van der Waals surface area (Å²) in [6.45, 7) is 1.69. The number of quaternary nitrogens is 1. The zero-order chi connectivity index (χ0) is 17.9. The second-order valence-electron chi connectivity index (χ2n) is 5.57. The van der Waals surface area contributed by atoms with Gasteiger partial charge in [-0.2, -0.15) is 0 Å². The van der Waals surface area contributed by atoms with E-state index in [0.717, 1.165) is 17.4 Å². The lowest BCUT2D eigenvalue weighted by molar-refractivity contribution is -0.410. The number of aliphatic hydroxyl groups is 2. The van der Waals surface area contributed by atoms with Crippen LogP contribution in [0.5, 0.6) is 0 Å². The van der Waals surface area contributed by atoms with Gasteiger partial charge in [-0.1, -0.05) is 6.92 Å². The Morgan fingerprint density at radius 2 is 2.12 bits per heavy atom. The highest BCUT2D eigenvalue weighted by atomic mass is 127. The first-order chi connectivity index (χ1) is 11.3. The Bertz CT molecular complexity index is 605. The zero-order valence-corrected chi connectivity index (χ0v) is 16.9. The van der Waals surface area contributed by atoms with E-state index < -0.39 is 42.5 Å². The molecule has 1 aliphatic heterocycles. The molecule has 0 aliphatic carbocycles. The summed E-state index contributed by atoms with van der Waals surface area (Å²) < 4.78 is 11.6. The number of rotatable bonds is 7. The van der Waals surface area contributed by atoms with Crippen molar-refractivity contribution in [3.8, 4) is 0 Å². The van der Waals surface area contributed by atoms with Crippen LogP contribution in [0, 0.1) is 0 Å². The fourth-order valence-corrected chi connectivity index (χ4v) is 2.34. The highest BCUT2D eigenvalue weighted by Crippen LogP contribution is 2.28. The van der Waals surface area contributed by atoms with Gasteiger partial charge in [0.25, 0.3) is 5.91 Å². The van der Waals surface area contributed by atoms with Gasteiger partial charge in [0.2, 0.25) is 5.82 Å². The summed E-state index contributed by atoms with van der Waals surface area (Å²) in [5.74, 6) is -1.57. The molecular formula is C13H22ClIN5O6-. The lowest BCUT2D eigenvalue weighted by atomic mass is 10.1. The second-order valence-corrected chi connectivity index (χ2v) is 5.57. The number of aromatic nitrogens is 3. The maximum atomic E-state index is 11.7. The fourth-order valence-electron chi connectivity index (χ4n) is 2.34. The number of carbonyl (C=O) groups is 2. The molecule has 0 radical (unpaired) electrons. The molecule has 0 spiro atoms. The lowest BCUT2D eigenvalue weighted by Crippen LogP contribution is -3.00. The number of primary amides is 1. The number of aliphatic hydroxyl groups excluding tert-OH is 2. The molecule has 26 heavy (non-hydrogen) atoms. The maximum absolute atomic E-state index is 11.7. The monoisotopic (exact) mass is 506 g/mol. The topological polar surface area (TPSA) is 177 Å². The summed E-state index contributed by atoms with van der Waals surface area (Å²) in [4.78, 5) is 26.4. The van der Waals surface area contributed by atoms with Crippen LogP contribution < -0.4 is 47.9 Å². The molecule has 0 bridgehead atoms. The van der Waals surface area contributed by atoms with Crippen LogP contribution in [0.4, 0.5) is 0 Å². The highest BCUT2D eigenvalue weighted by Gasteiger charge is 2.45. The average molecular weight is 507 g/mol. The number of hydrogen-bond acceptors (Lipinski definition) is 8. The van der Waals surface area contributed by atoms with Crippen molar-refractivity contribution in [2.45, 2.75) is 50.3 Å². The van der Waals surface area contributed by atoms with Gasteiger partial charge in [-0.05, 0) is 6.42 Å². The molecule has 1 aromatic rings. The molecule has 0 aromatic carbocycles. The van der Waals surface area contributed by atoms with Gasteiger partial charge < -0.3 is 67.5 Å². The molecule has 2 rings (SSSR count). The van der Waals surface area contributed by atoms with Crippen LogP contribution >= 0.6 is 0 Å². The molecule has 150 valence electrons. The molecule has 1 saturated heterocycles. The second kappa shape index (κ2) is 10.9. The van der Waals surface area contributed by atoms with Gasteiger partial charge in [-0.25, -0.2) is 14.5 Å². The summed E-state index contributed by atoms with van der Waals surface area (Å²) in [6, 6.07) is -0.497. The number of esters is 1. The fraction of sp³-hybridized carbons (Fsp3) is 0.692. The number of nitrogens with zero attached hydrogens (tertiary/aromatic N) is 3. The van der Waals surface area contributed by atoms with E-state index in [1.54, 1.807) is 0 Å². The van der Waals surface area contributed by atoms with Crippen LogP contribution in [0.3, 0.4) is 0 Å². The van der Waals surface area contributed by atoms with E-state index in [1.807, 2.05) is 6.92 Å². The van der Waals surface area contributed by atoms with E-state index in [1.165, 1.54) is 0 Å². The molecule has 13 heteroatoms. The number of amides is 1. The SMILES string of the molecule is CCC[C@H]([NH3+])C(=O)OC[C@@H]1O[C@H](n2cnc(C(N)=O)n2)[C@@H](O)[C@H]1O.[Cl-].[I-]. The molecule has 5 atom stereocenters. The van der Waals surface area contributed by atoms with E-state index in [0.29, 0.717) is 6.42 Å². The minimum absolute atomic E-state index is 0. The first kappa shape index (κ1) is 24.9. The summed E-state index contributed by atoms with van der Waals surface area (Å²) >= 11 is 0. The van der Waals surface area contributed by atoms with E-state index in [2.05, 4.69) is 15.8 Å². The molecule has 0 unspecified atom stereocenters. The quantitative estimate of drug-likeness (QED) is 0.208. The first-order valence-electron chi connectivity index (χ1n) is 7.57. The number of nitrogens with two attached hydrogens (primary N) is 1. The number of ether oxygens (including phenoxy) is 2. The molecule has 11 nitrogen and oxygen atoms in total. The Labute approximate surface area is 172 Å². The van der Waals surface area contributed by atoms with E-state index in [-0.39, 0.29) is 48.8 Å². The van der Waals surface area contributed by atoms with Crippen molar-refractivity contribution >= 4 is 11.9 Å². The molecule has 1 aliphatic rings. The summed E-state index contributed by atoms with van der Waals surface area (Å²) in [5, 5.41) is 23.9. The van der Waals surface area contributed by atoms with Crippen LogP contribution in [0.25, 0.3) is 0 Å². The van der Waals surface area contributed by atoms with E-state index in [4.69, 9.17) is 15.2 Å². The Kier molecular flexibility index (Phi) is 10.5. The Morgan fingerprint density at radius 3 is 2.65 bits per heavy atom. The third kappa shape index (κ3) is 5.72. The molecule has 2 heterocycles. The van der Waals surface area contributed by atoms with Crippen molar-refractivity contribution in [2.75, 3.05) is 6.61 Å². The summed E-state index contributed by atoms with van der Waals surface area (Å²) in [7, 11) is 0. The third-order valence-corrected chi connectivity index (χ3v) is 3.69. The van der Waals surface area contributed by atoms with Gasteiger partial charge in [0.1, 0.15) is 31.2 Å². The average Bonchev–Trinajstić information content (AvgIpc) is 3.12. The first-order valence-corrected chi connectivity index (χ1v) is 7.57. The van der Waals surface area contributed by atoms with Crippen molar-refractivity contribution in [3.63, 3.8) is 0 Å². The maximum Gasteiger partial charge on any atom is 0.364 e. The Balaban J connectivity index is 0.00000312. The smallest absolute Gasteiger partial charge is 0.364 e. The predicted octanol–water partition coefficient (Wildman–Crippen LogP) is -9.04. The number of carbonyl (C=O) groups excluding carboxylic acids is 2. The number of hydrogen-bond donors (Lipinski definition) is 4. The summed E-state index contributed by atoms with van der Waals surface area (Å²) in [6.07, 6.45) is -2.10. The standard InChI is InChI=1S/C13H21N5O6.ClH.HI/c1-2-3-6(14)13(22)23-4-7-8(19)9(20)12(24-7)18-5-16-11(17-18)10(15)21;;/h5-9,12,19-20H,2-4,14H2,1H3,(H2,15,21);2*1H/p-1/t6-,7-,8-,9-,12-;;/m0../s1. The minimum atomic E-state index is -1.33. The Morgan fingerprint density at radius 1 is 1.46 bits per heavy atom. The summed E-state index contributed by atoms with van der Waals surface area (Å²) in [5.41, 5.74) is 8.75. The van der Waals surface area contributed by atoms with Crippen LogP contribution in [0.2, 0.25) is 0 Å². The Hall–Kier alpha value is -1.06. The van der Waals surface area contributed by atoms with Crippen molar-refractivity contribution < 1.29 is 71.4 Å². The van der Waals surface area contributed by atoms with Crippen molar-refractivity contribution in [1.29, 1.82) is 0 Å². The van der Waals surface area contributed by atoms with Crippen molar-refractivity contribution in [3.05, 3.63) is 12.2 Å². The van der Waals surface area contributed by atoms with Gasteiger partial charge >= 0.3 is 5.97 Å². The van der Waals surface area contributed by atoms with Crippen LogP contribution in [0.1, 0.15) is 36.6 Å². The van der Waals surface area contributed by atoms with Gasteiger partial charge in [0.15, 0.2) is 12.3 Å². The van der Waals surface area contributed by atoms with Crippen LogP contribution in [-0.2, 0) is 14.3 Å². The number of halogens is 2. The molecule has 7 N–H and O–H groups in total. The molecule has 1 amide bonds. The molecule has 1 fully saturated rings. The van der Waals surface area contributed by atoms with Crippen molar-refractivity contribution in [2.24, 2.45) is 5.73 Å². The van der Waals surface area contributed by atoms with E-state index >= 15 is 0 Å². The third-order valence-electron chi connectivity index (χ3n) is 3.69. The largest absolute Gasteiger partial charge is 1.00 e. The molecule has 0 saturated carbocycles. The lowest BCUT2D eigenvalue weighted by Gasteiger charge is -2.15. The van der Waals surface area contributed by atoms with Gasteiger partial charge in [0, 0.05) is 6.42 Å². The zero-order valence-electron chi connectivity index (χ0n) is 14.0. The normalized spacial score (nSPS) is 25.7. The van der Waals surface area contributed by atoms with Gasteiger partial charge in [0.05, 0.1) is 0 Å². The van der Waals surface area contributed by atoms with Crippen LogP contribution in [0.15, 0.2) is 6.33 Å². The van der Waals surface area contributed by atoms with Gasteiger partial charge in [-0.3, -0.25) is 4.79 Å². The van der Waals surface area contributed by atoms with Crippen LogP contribution in [-0.4, -0.2) is 67.8 Å². The minimum Gasteiger partial charge on any atom is -1.00 e. The molecular weight excluding hydrogens is 485 g/mol.